The van der Waals surface area contributed by atoms with Gasteiger partial charge in [0, 0.05) is 18.4 Å². The van der Waals surface area contributed by atoms with Crippen LogP contribution in [0.4, 0.5) is 0 Å². The van der Waals surface area contributed by atoms with E-state index in [0.717, 1.165) is 29.9 Å². The molecule has 0 aliphatic carbocycles. The van der Waals surface area contributed by atoms with Crippen molar-refractivity contribution in [2.75, 3.05) is 5.75 Å². The Kier molecular flexibility index (Phi) is 5.71. The molecule has 0 spiro atoms. The van der Waals surface area contributed by atoms with Gasteiger partial charge in [0.2, 0.25) is 19.6 Å². The standard InChI is InChI=1S/C18H22N4O3S2/c1-4-6-7-10-27(24,25)18-21-20-17(26-18)14-11-22(5-2)16-13(15(14)23)9-8-12(3)19-16/h8-9,11H,4-7,10H2,1-3H3. The van der Waals surface area contributed by atoms with Crippen molar-refractivity contribution in [1.82, 2.24) is 19.7 Å². The van der Waals surface area contributed by atoms with Crippen LogP contribution in [-0.4, -0.2) is 33.9 Å². The number of unbranched alkanes of at least 4 members (excludes halogenated alkanes) is 2. The lowest BCUT2D eigenvalue weighted by Crippen LogP contribution is -2.13. The van der Waals surface area contributed by atoms with Gasteiger partial charge in [0.25, 0.3) is 0 Å². The maximum absolute atomic E-state index is 12.9. The SMILES string of the molecule is CCCCCS(=O)(=O)c1nnc(-c2cn(CC)c3nc(C)ccc3c2=O)s1. The molecule has 0 amide bonds. The normalized spacial score (nSPS) is 12.0. The fourth-order valence-corrected chi connectivity index (χ4v) is 5.33. The van der Waals surface area contributed by atoms with Gasteiger partial charge in [-0.15, -0.1) is 10.2 Å². The van der Waals surface area contributed by atoms with E-state index in [1.54, 1.807) is 18.3 Å². The molecule has 0 fully saturated rings. The van der Waals surface area contributed by atoms with Gasteiger partial charge in [-0.25, -0.2) is 13.4 Å². The Bertz CT molecular complexity index is 1130. The highest BCUT2D eigenvalue weighted by Gasteiger charge is 2.22. The van der Waals surface area contributed by atoms with Crippen molar-refractivity contribution in [2.24, 2.45) is 0 Å². The van der Waals surface area contributed by atoms with Gasteiger partial charge in [-0.1, -0.05) is 31.1 Å². The van der Waals surface area contributed by atoms with Crippen LogP contribution in [0, 0.1) is 6.92 Å². The highest BCUT2D eigenvalue weighted by atomic mass is 32.2. The monoisotopic (exact) mass is 406 g/mol. The molecule has 9 heteroatoms. The fraction of sp³-hybridized carbons (Fsp3) is 0.444. The lowest BCUT2D eigenvalue weighted by atomic mass is 10.2. The maximum Gasteiger partial charge on any atom is 0.232 e. The second kappa shape index (κ2) is 7.85. The Morgan fingerprint density at radius 2 is 1.93 bits per heavy atom. The third-order valence-corrected chi connectivity index (χ3v) is 7.52. The molecule has 144 valence electrons. The van der Waals surface area contributed by atoms with Crippen LogP contribution in [0.1, 0.15) is 38.8 Å². The number of aromatic nitrogens is 4. The van der Waals surface area contributed by atoms with Gasteiger partial charge in [-0.3, -0.25) is 4.79 Å². The summed E-state index contributed by atoms with van der Waals surface area (Å²) >= 11 is 0.952. The molecule has 7 nitrogen and oxygen atoms in total. The van der Waals surface area contributed by atoms with Crippen LogP contribution in [0.5, 0.6) is 0 Å². The van der Waals surface area contributed by atoms with Crippen molar-refractivity contribution in [3.05, 3.63) is 34.2 Å². The van der Waals surface area contributed by atoms with E-state index in [9.17, 15) is 13.2 Å². The van der Waals surface area contributed by atoms with E-state index in [1.165, 1.54) is 0 Å². The number of aryl methyl sites for hydroxylation is 2. The van der Waals surface area contributed by atoms with Gasteiger partial charge in [0.15, 0.2) is 5.01 Å². The van der Waals surface area contributed by atoms with Crippen LogP contribution in [0.3, 0.4) is 0 Å². The summed E-state index contributed by atoms with van der Waals surface area (Å²) in [5, 5.41) is 8.65. The van der Waals surface area contributed by atoms with Crippen LogP contribution >= 0.6 is 11.3 Å². The van der Waals surface area contributed by atoms with Gasteiger partial charge in [0.05, 0.1) is 16.7 Å². The molecule has 0 aliphatic rings. The zero-order chi connectivity index (χ0) is 19.6. The van der Waals surface area contributed by atoms with Crippen LogP contribution in [-0.2, 0) is 16.4 Å². The minimum Gasteiger partial charge on any atom is -0.332 e. The molecule has 0 N–H and O–H groups in total. The summed E-state index contributed by atoms with van der Waals surface area (Å²) in [6.07, 6.45) is 4.07. The summed E-state index contributed by atoms with van der Waals surface area (Å²) in [5.74, 6) is 0.0512. The second-order valence-electron chi connectivity index (χ2n) is 6.38. The summed E-state index contributed by atoms with van der Waals surface area (Å²) in [4.78, 5) is 17.4. The van der Waals surface area contributed by atoms with Gasteiger partial charge in [-0.2, -0.15) is 0 Å². The molecule has 0 radical (unpaired) electrons. The van der Waals surface area contributed by atoms with Crippen LogP contribution in [0.15, 0.2) is 27.5 Å². The quantitative estimate of drug-likeness (QED) is 0.559. The van der Waals surface area contributed by atoms with E-state index in [0.29, 0.717) is 34.6 Å². The molecule has 0 saturated heterocycles. The van der Waals surface area contributed by atoms with Gasteiger partial charge >= 0.3 is 0 Å². The molecule has 0 atom stereocenters. The minimum absolute atomic E-state index is 0.0295. The topological polar surface area (TPSA) is 94.8 Å². The van der Waals surface area contributed by atoms with Gasteiger partial charge < -0.3 is 4.57 Å². The molecule has 3 rings (SSSR count). The van der Waals surface area contributed by atoms with Crippen LogP contribution in [0.25, 0.3) is 21.6 Å². The third kappa shape index (κ3) is 3.93. The molecule has 3 heterocycles. The number of hydrogen-bond donors (Lipinski definition) is 0. The van der Waals surface area contributed by atoms with Crippen molar-refractivity contribution in [3.8, 4) is 10.6 Å². The average molecular weight is 407 g/mol. The highest BCUT2D eigenvalue weighted by Crippen LogP contribution is 2.26. The number of rotatable bonds is 7. The first-order chi connectivity index (χ1) is 12.9. The number of pyridine rings is 2. The first-order valence-corrected chi connectivity index (χ1v) is 11.4. The Morgan fingerprint density at radius 3 is 2.63 bits per heavy atom. The van der Waals surface area contributed by atoms with Crippen LogP contribution in [0.2, 0.25) is 0 Å². The molecule has 0 unspecified atom stereocenters. The fourth-order valence-electron chi connectivity index (χ4n) is 2.83. The molecule has 3 aromatic heterocycles. The minimum atomic E-state index is -3.47. The number of sulfone groups is 1. The Morgan fingerprint density at radius 1 is 1.15 bits per heavy atom. The second-order valence-corrected chi connectivity index (χ2v) is 9.64. The van der Waals surface area contributed by atoms with Crippen molar-refractivity contribution < 1.29 is 8.42 Å². The lowest BCUT2D eigenvalue weighted by Gasteiger charge is -2.09. The average Bonchev–Trinajstić information content (AvgIpc) is 3.13. The number of nitrogens with zero attached hydrogens (tertiary/aromatic N) is 4. The molecule has 3 aromatic rings. The van der Waals surface area contributed by atoms with E-state index in [1.807, 2.05) is 25.3 Å². The maximum atomic E-state index is 12.9. The van der Waals surface area contributed by atoms with E-state index < -0.39 is 9.84 Å². The third-order valence-electron chi connectivity index (χ3n) is 4.32. The zero-order valence-electron chi connectivity index (χ0n) is 15.6. The lowest BCUT2D eigenvalue weighted by molar-refractivity contribution is 0.589. The van der Waals surface area contributed by atoms with E-state index >= 15 is 0 Å². The van der Waals surface area contributed by atoms with E-state index in [4.69, 9.17) is 0 Å². The smallest absolute Gasteiger partial charge is 0.232 e. The molecule has 27 heavy (non-hydrogen) atoms. The number of hydrogen-bond acceptors (Lipinski definition) is 7. The highest BCUT2D eigenvalue weighted by molar-refractivity contribution is 7.93. The molecule has 0 saturated carbocycles. The summed E-state index contributed by atoms with van der Waals surface area (Å²) in [6.45, 7) is 6.48. The van der Waals surface area contributed by atoms with Crippen molar-refractivity contribution in [3.63, 3.8) is 0 Å². The van der Waals surface area contributed by atoms with Crippen LogP contribution < -0.4 is 5.43 Å². The molecule has 0 aliphatic heterocycles. The Hall–Kier alpha value is -2.13. The van der Waals surface area contributed by atoms with Crippen molar-refractivity contribution in [2.45, 2.75) is 50.9 Å². The molecule has 0 aromatic carbocycles. The predicted molar refractivity (Wildman–Crippen MR) is 107 cm³/mol. The summed E-state index contributed by atoms with van der Waals surface area (Å²) in [6, 6.07) is 3.54. The van der Waals surface area contributed by atoms with Gasteiger partial charge in [-0.05, 0) is 32.4 Å². The summed E-state index contributed by atoms with van der Waals surface area (Å²) in [5.41, 5.74) is 1.58. The Balaban J connectivity index is 2.07. The first-order valence-electron chi connectivity index (χ1n) is 8.94. The largest absolute Gasteiger partial charge is 0.332 e. The van der Waals surface area contributed by atoms with Crippen molar-refractivity contribution in [1.29, 1.82) is 0 Å². The number of fused-ring (bicyclic) bond motifs is 1. The summed E-state index contributed by atoms with van der Waals surface area (Å²) in [7, 11) is -3.47. The van der Waals surface area contributed by atoms with Crippen molar-refractivity contribution >= 4 is 32.2 Å². The van der Waals surface area contributed by atoms with E-state index in [-0.39, 0.29) is 15.5 Å². The molecule has 0 bridgehead atoms. The molecular weight excluding hydrogens is 384 g/mol. The van der Waals surface area contributed by atoms with E-state index in [2.05, 4.69) is 15.2 Å². The summed E-state index contributed by atoms with van der Waals surface area (Å²) < 4.78 is 26.7. The predicted octanol–water partition coefficient (Wildman–Crippen LogP) is 3.21. The first kappa shape index (κ1) is 19.6. The van der Waals surface area contributed by atoms with Gasteiger partial charge in [0.1, 0.15) is 5.65 Å². The zero-order valence-corrected chi connectivity index (χ0v) is 17.2. The Labute approximate surface area is 162 Å². The molecular formula is C18H22N4O3S2.